The van der Waals surface area contributed by atoms with Crippen LogP contribution in [0.15, 0.2) is 24.3 Å². The third-order valence-corrected chi connectivity index (χ3v) is 6.97. The van der Waals surface area contributed by atoms with E-state index in [2.05, 4.69) is 54.5 Å². The van der Waals surface area contributed by atoms with Crippen LogP contribution in [0.1, 0.15) is 45.0 Å². The summed E-state index contributed by atoms with van der Waals surface area (Å²) in [6.45, 7) is 7.35. The highest BCUT2D eigenvalue weighted by molar-refractivity contribution is 7.72. The number of aromatic nitrogens is 4. The third-order valence-electron chi connectivity index (χ3n) is 5.50. The molecule has 0 spiro atoms. The Morgan fingerprint density at radius 3 is 2.72 bits per heavy atom. The minimum atomic E-state index is -1.23. The first-order valence-corrected chi connectivity index (χ1v) is 13.3. The zero-order valence-corrected chi connectivity index (χ0v) is 18.7. The number of hydrogen-bond donors (Lipinski definition) is 2. The smallest absolute Gasteiger partial charge is 0.165 e. The van der Waals surface area contributed by atoms with Gasteiger partial charge in [-0.1, -0.05) is 18.6 Å². The fraction of sp³-hybridized carbons (Fsp3) is 0.619. The molecular formula is C21H33N4O3P. The number of aliphatic hydroxyl groups excluding tert-OH is 2. The minimum Gasteiger partial charge on any atom is -0.388 e. The van der Waals surface area contributed by atoms with Gasteiger partial charge in [0.25, 0.3) is 0 Å². The lowest BCUT2D eigenvalue weighted by Gasteiger charge is -2.18. The van der Waals surface area contributed by atoms with Crippen LogP contribution in [-0.2, 0) is 11.2 Å². The molecule has 0 aliphatic carbocycles. The summed E-state index contributed by atoms with van der Waals surface area (Å²) in [6, 6.07) is 0. The van der Waals surface area contributed by atoms with E-state index in [1.165, 1.54) is 11.9 Å². The normalized spacial score (nSPS) is 25.8. The second-order valence-electron chi connectivity index (χ2n) is 8.58. The van der Waals surface area contributed by atoms with Gasteiger partial charge in [-0.2, -0.15) is 0 Å². The predicted molar refractivity (Wildman–Crippen MR) is 119 cm³/mol. The first-order valence-electron chi connectivity index (χ1n) is 10.2. The summed E-state index contributed by atoms with van der Waals surface area (Å²) in [6.07, 6.45) is 10.8. The molecule has 7 nitrogen and oxygen atoms in total. The molecule has 3 rings (SSSR count). The molecule has 0 radical (unpaired) electrons. The van der Waals surface area contributed by atoms with Crippen LogP contribution in [0.3, 0.4) is 0 Å². The molecule has 1 unspecified atom stereocenters. The van der Waals surface area contributed by atoms with Crippen LogP contribution in [0.4, 0.5) is 0 Å². The van der Waals surface area contributed by atoms with Gasteiger partial charge in [-0.25, -0.2) is 15.0 Å². The van der Waals surface area contributed by atoms with Gasteiger partial charge in [0.2, 0.25) is 0 Å². The summed E-state index contributed by atoms with van der Waals surface area (Å²) < 4.78 is 7.76. The standard InChI is InChI=1S/C21H33N4O3P/c1-6-14(2)8-7-9-15-17-20(23-12-22-15)25(13-24-17)21-19(27)18(26)16(28-21)10-11-29(3,4)5/h8,12-13,16,18-19,21,26-27H,3,6-7,9-11H2,1-2,4-5H3/b14-8-/t16?,18-,19-,21-/m1/s1. The van der Waals surface area contributed by atoms with E-state index in [0.29, 0.717) is 17.6 Å². The number of hydrogen-bond acceptors (Lipinski definition) is 6. The largest absolute Gasteiger partial charge is 0.388 e. The quantitative estimate of drug-likeness (QED) is 0.504. The van der Waals surface area contributed by atoms with Crippen molar-refractivity contribution in [3.63, 3.8) is 0 Å². The van der Waals surface area contributed by atoms with Crippen molar-refractivity contribution in [2.24, 2.45) is 0 Å². The van der Waals surface area contributed by atoms with E-state index in [0.717, 1.165) is 31.1 Å². The highest BCUT2D eigenvalue weighted by Crippen LogP contribution is 2.39. The van der Waals surface area contributed by atoms with Crippen molar-refractivity contribution < 1.29 is 14.9 Å². The molecule has 2 aromatic heterocycles. The highest BCUT2D eigenvalue weighted by atomic mass is 31.2. The van der Waals surface area contributed by atoms with Gasteiger partial charge in [0.05, 0.1) is 18.1 Å². The Hall–Kier alpha value is -1.53. The third kappa shape index (κ3) is 5.15. The Morgan fingerprint density at radius 1 is 1.28 bits per heavy atom. The number of nitrogens with zero attached hydrogens (tertiary/aromatic N) is 4. The predicted octanol–water partition coefficient (Wildman–Crippen LogP) is 2.83. The molecule has 1 aliphatic heterocycles. The van der Waals surface area contributed by atoms with E-state index in [4.69, 9.17) is 4.74 Å². The molecule has 3 heterocycles. The molecule has 1 saturated heterocycles. The van der Waals surface area contributed by atoms with Gasteiger partial charge in [-0.3, -0.25) is 4.57 Å². The molecule has 0 saturated carbocycles. The van der Waals surface area contributed by atoms with Crippen molar-refractivity contribution in [1.82, 2.24) is 19.5 Å². The van der Waals surface area contributed by atoms with Gasteiger partial charge in [0.15, 0.2) is 11.9 Å². The van der Waals surface area contributed by atoms with Crippen molar-refractivity contribution in [3.05, 3.63) is 30.0 Å². The molecular weight excluding hydrogens is 387 g/mol. The Morgan fingerprint density at radius 2 is 2.03 bits per heavy atom. The maximum absolute atomic E-state index is 10.6. The van der Waals surface area contributed by atoms with Gasteiger partial charge in [-0.15, -0.1) is 13.2 Å². The number of ether oxygens (including phenoxy) is 1. The number of imidazole rings is 1. The summed E-state index contributed by atoms with van der Waals surface area (Å²) in [5.74, 6) is 0. The van der Waals surface area contributed by atoms with Crippen LogP contribution in [-0.4, -0.2) is 73.8 Å². The van der Waals surface area contributed by atoms with E-state index in [-0.39, 0.29) is 0 Å². The molecule has 160 valence electrons. The average molecular weight is 420 g/mol. The summed E-state index contributed by atoms with van der Waals surface area (Å²) in [4.78, 5) is 13.3. The Kier molecular flexibility index (Phi) is 6.94. The van der Waals surface area contributed by atoms with Crippen molar-refractivity contribution >= 4 is 24.3 Å². The number of aryl methyl sites for hydroxylation is 1. The van der Waals surface area contributed by atoms with Crippen LogP contribution in [0.2, 0.25) is 0 Å². The molecule has 8 heteroatoms. The highest BCUT2D eigenvalue weighted by Gasteiger charge is 2.44. The van der Waals surface area contributed by atoms with E-state index >= 15 is 0 Å². The van der Waals surface area contributed by atoms with E-state index in [9.17, 15) is 10.2 Å². The maximum Gasteiger partial charge on any atom is 0.165 e. The van der Waals surface area contributed by atoms with E-state index in [1.807, 2.05) is 0 Å². The van der Waals surface area contributed by atoms with Gasteiger partial charge in [-0.05, 0) is 52.1 Å². The SMILES string of the molecule is C=P(C)(C)CCC1O[C@@H](n2cnc3c(CC/C=C(/C)CC)ncnc32)[C@H](O)[C@@H]1O. The van der Waals surface area contributed by atoms with Gasteiger partial charge in [0, 0.05) is 0 Å². The molecule has 1 fully saturated rings. The zero-order chi connectivity index (χ0) is 21.2. The number of rotatable bonds is 8. The lowest BCUT2D eigenvalue weighted by atomic mass is 10.1. The number of allylic oxidation sites excluding steroid dienone is 2. The summed E-state index contributed by atoms with van der Waals surface area (Å²) in [5, 5.41) is 21.1. The van der Waals surface area contributed by atoms with Crippen LogP contribution in [0, 0.1) is 0 Å². The lowest BCUT2D eigenvalue weighted by Crippen LogP contribution is -2.31. The topological polar surface area (TPSA) is 93.3 Å². The summed E-state index contributed by atoms with van der Waals surface area (Å²) >= 11 is 0. The fourth-order valence-electron chi connectivity index (χ4n) is 3.54. The van der Waals surface area contributed by atoms with Crippen LogP contribution in [0.5, 0.6) is 0 Å². The molecule has 1 aliphatic rings. The molecule has 4 atom stereocenters. The van der Waals surface area contributed by atoms with E-state index in [1.54, 1.807) is 10.9 Å². The van der Waals surface area contributed by atoms with Gasteiger partial charge < -0.3 is 14.9 Å². The summed E-state index contributed by atoms with van der Waals surface area (Å²) in [5.41, 5.74) is 3.57. The van der Waals surface area contributed by atoms with E-state index < -0.39 is 31.4 Å². The summed E-state index contributed by atoms with van der Waals surface area (Å²) in [7, 11) is 0. The molecule has 29 heavy (non-hydrogen) atoms. The van der Waals surface area contributed by atoms with Gasteiger partial charge in [0.1, 0.15) is 24.1 Å². The minimum absolute atomic E-state index is 0.420. The molecule has 0 amide bonds. The number of aliphatic hydroxyl groups is 2. The van der Waals surface area contributed by atoms with Crippen molar-refractivity contribution in [2.75, 3.05) is 19.5 Å². The van der Waals surface area contributed by atoms with Crippen LogP contribution < -0.4 is 0 Å². The lowest BCUT2D eigenvalue weighted by molar-refractivity contribution is -0.0353. The average Bonchev–Trinajstić information content (AvgIpc) is 3.22. The Balaban J connectivity index is 1.80. The monoisotopic (exact) mass is 420 g/mol. The second kappa shape index (κ2) is 9.09. The zero-order valence-electron chi connectivity index (χ0n) is 17.8. The Bertz CT molecular complexity index is 920. The molecule has 2 N–H and O–H groups in total. The Labute approximate surface area is 172 Å². The van der Waals surface area contributed by atoms with Crippen LogP contribution in [0.25, 0.3) is 11.2 Å². The molecule has 2 aromatic rings. The van der Waals surface area contributed by atoms with Gasteiger partial charge >= 0.3 is 0 Å². The number of fused-ring (bicyclic) bond motifs is 1. The van der Waals surface area contributed by atoms with Crippen molar-refractivity contribution in [2.45, 2.75) is 64.1 Å². The van der Waals surface area contributed by atoms with Crippen LogP contribution >= 0.6 is 6.89 Å². The first-order chi connectivity index (χ1) is 13.7. The maximum atomic E-state index is 10.6. The van der Waals surface area contributed by atoms with Crippen molar-refractivity contribution in [3.8, 4) is 0 Å². The molecule has 0 bridgehead atoms. The first kappa shape index (κ1) is 22.2. The molecule has 0 aromatic carbocycles. The second-order valence-corrected chi connectivity index (χ2v) is 12.9. The fourth-order valence-corrected chi connectivity index (χ4v) is 4.50. The van der Waals surface area contributed by atoms with Crippen molar-refractivity contribution in [1.29, 1.82) is 0 Å².